The zero-order chi connectivity index (χ0) is 13.6. The summed E-state index contributed by atoms with van der Waals surface area (Å²) in [4.78, 5) is 0. The summed E-state index contributed by atoms with van der Waals surface area (Å²) in [6.45, 7) is 0. The SMILES string of the molecule is [O-][N+]1(c2ccccc2)c2ccccc2-c2ccccc21. The van der Waals surface area contributed by atoms with Crippen molar-refractivity contribution in [2.45, 2.75) is 0 Å². The number of hydrogen-bond acceptors (Lipinski definition) is 1. The molecule has 0 atom stereocenters. The quantitative estimate of drug-likeness (QED) is 0.438. The zero-order valence-corrected chi connectivity index (χ0v) is 10.9. The fourth-order valence-electron chi connectivity index (χ4n) is 3.00. The average Bonchev–Trinajstić information content (AvgIpc) is 2.80. The predicted octanol–water partition coefficient (Wildman–Crippen LogP) is 5.14. The van der Waals surface area contributed by atoms with Gasteiger partial charge in [-0.1, -0.05) is 42.5 Å². The summed E-state index contributed by atoms with van der Waals surface area (Å²) in [7, 11) is 0. The highest BCUT2D eigenvalue weighted by atomic mass is 16.5. The Morgan fingerprint density at radius 1 is 0.550 bits per heavy atom. The molecule has 0 aromatic heterocycles. The first kappa shape index (κ1) is 11.4. The molecule has 20 heavy (non-hydrogen) atoms. The lowest BCUT2D eigenvalue weighted by atomic mass is 10.1. The van der Waals surface area contributed by atoms with Crippen molar-refractivity contribution in [2.24, 2.45) is 0 Å². The highest BCUT2D eigenvalue weighted by molar-refractivity contribution is 5.98. The lowest BCUT2D eigenvalue weighted by Crippen LogP contribution is -2.28. The lowest BCUT2D eigenvalue weighted by Gasteiger charge is -2.38. The van der Waals surface area contributed by atoms with E-state index in [1.54, 1.807) is 0 Å². The van der Waals surface area contributed by atoms with E-state index in [1.807, 2.05) is 78.9 Å². The topological polar surface area (TPSA) is 23.1 Å². The molecule has 0 unspecified atom stereocenters. The van der Waals surface area contributed by atoms with Gasteiger partial charge in [0.1, 0.15) is 5.69 Å². The number of para-hydroxylation sites is 3. The molecule has 4 rings (SSSR count). The molecular weight excluding hydrogens is 246 g/mol. The van der Waals surface area contributed by atoms with Gasteiger partial charge in [0, 0.05) is 35.4 Å². The van der Waals surface area contributed by atoms with Crippen LogP contribution in [0.15, 0.2) is 78.9 Å². The Morgan fingerprint density at radius 3 is 1.55 bits per heavy atom. The Balaban J connectivity index is 2.10. The third-order valence-electron chi connectivity index (χ3n) is 3.90. The Bertz CT molecular complexity index is 735. The van der Waals surface area contributed by atoms with Crippen LogP contribution in [-0.4, -0.2) is 0 Å². The largest absolute Gasteiger partial charge is 0.616 e. The maximum absolute atomic E-state index is 13.7. The fraction of sp³-hybridized carbons (Fsp3) is 0. The lowest BCUT2D eigenvalue weighted by molar-refractivity contribution is 0.710. The Kier molecular flexibility index (Phi) is 2.30. The van der Waals surface area contributed by atoms with Crippen LogP contribution in [0.2, 0.25) is 0 Å². The van der Waals surface area contributed by atoms with Crippen LogP contribution in [0.1, 0.15) is 0 Å². The second kappa shape index (κ2) is 4.04. The van der Waals surface area contributed by atoms with Crippen molar-refractivity contribution in [1.29, 1.82) is 0 Å². The van der Waals surface area contributed by atoms with Crippen molar-refractivity contribution in [3.8, 4) is 11.1 Å². The summed E-state index contributed by atoms with van der Waals surface area (Å²) in [5.74, 6) is 0. The highest BCUT2D eigenvalue weighted by Crippen LogP contribution is 2.56. The van der Waals surface area contributed by atoms with Gasteiger partial charge in [-0.25, -0.2) is 0 Å². The number of rotatable bonds is 1. The molecule has 0 saturated carbocycles. The van der Waals surface area contributed by atoms with Gasteiger partial charge in [0.2, 0.25) is 0 Å². The number of nitrogens with zero attached hydrogens (tertiary/aromatic N) is 1. The van der Waals surface area contributed by atoms with Crippen molar-refractivity contribution in [3.63, 3.8) is 0 Å². The van der Waals surface area contributed by atoms with Crippen LogP contribution in [-0.2, 0) is 0 Å². The van der Waals surface area contributed by atoms with Crippen molar-refractivity contribution in [3.05, 3.63) is 84.1 Å². The number of quaternary nitrogens is 1. The minimum atomic E-state index is -0.507. The molecule has 96 valence electrons. The summed E-state index contributed by atoms with van der Waals surface area (Å²) >= 11 is 0. The van der Waals surface area contributed by atoms with Gasteiger partial charge in [0.25, 0.3) is 0 Å². The smallest absolute Gasteiger partial charge is 0.151 e. The number of hydrogen-bond donors (Lipinski definition) is 0. The van der Waals surface area contributed by atoms with E-state index in [4.69, 9.17) is 0 Å². The van der Waals surface area contributed by atoms with Crippen LogP contribution in [0.5, 0.6) is 0 Å². The van der Waals surface area contributed by atoms with Crippen molar-refractivity contribution in [1.82, 2.24) is 4.65 Å². The molecule has 0 fully saturated rings. The van der Waals surface area contributed by atoms with Gasteiger partial charge in [-0.3, -0.25) is 4.65 Å². The fourth-order valence-corrected chi connectivity index (χ4v) is 3.00. The van der Waals surface area contributed by atoms with Crippen LogP contribution in [0.4, 0.5) is 17.1 Å². The summed E-state index contributed by atoms with van der Waals surface area (Å²) < 4.78 is -0.507. The monoisotopic (exact) mass is 259 g/mol. The van der Waals surface area contributed by atoms with Gasteiger partial charge in [0.15, 0.2) is 11.4 Å². The molecule has 3 aromatic rings. The predicted molar refractivity (Wildman–Crippen MR) is 82.8 cm³/mol. The van der Waals surface area contributed by atoms with Crippen LogP contribution in [0.25, 0.3) is 11.1 Å². The van der Waals surface area contributed by atoms with Crippen LogP contribution >= 0.6 is 0 Å². The Morgan fingerprint density at radius 2 is 1.00 bits per heavy atom. The molecule has 2 heteroatoms. The van der Waals surface area contributed by atoms with E-state index in [0.717, 1.165) is 28.2 Å². The first-order chi connectivity index (χ1) is 9.82. The minimum absolute atomic E-state index is 0.507. The van der Waals surface area contributed by atoms with Crippen LogP contribution < -0.4 is 4.65 Å². The molecule has 0 spiro atoms. The highest BCUT2D eigenvalue weighted by Gasteiger charge is 2.38. The van der Waals surface area contributed by atoms with Crippen molar-refractivity contribution >= 4 is 17.1 Å². The Hall–Kier alpha value is -2.42. The standard InChI is InChI=1S/C18H13NO/c20-19(14-8-2-1-3-9-14)17-12-6-4-10-15(17)16-11-5-7-13-18(16)19/h1-13H. The molecule has 1 aliphatic rings. The zero-order valence-electron chi connectivity index (χ0n) is 10.9. The molecule has 1 heterocycles. The Labute approximate surface area is 117 Å². The second-order valence-corrected chi connectivity index (χ2v) is 4.98. The first-order valence-corrected chi connectivity index (χ1v) is 6.67. The van der Waals surface area contributed by atoms with Gasteiger partial charge in [-0.05, 0) is 12.1 Å². The minimum Gasteiger partial charge on any atom is -0.616 e. The van der Waals surface area contributed by atoms with Crippen LogP contribution in [0.3, 0.4) is 0 Å². The molecular formula is C18H13NO. The molecule has 2 nitrogen and oxygen atoms in total. The summed E-state index contributed by atoms with van der Waals surface area (Å²) in [6.07, 6.45) is 0. The normalized spacial score (nSPS) is 14.7. The van der Waals surface area contributed by atoms with E-state index in [9.17, 15) is 5.21 Å². The van der Waals surface area contributed by atoms with E-state index >= 15 is 0 Å². The number of benzene rings is 3. The van der Waals surface area contributed by atoms with Gasteiger partial charge in [0.05, 0.1) is 0 Å². The molecule has 0 bridgehead atoms. The van der Waals surface area contributed by atoms with Crippen molar-refractivity contribution in [2.75, 3.05) is 0 Å². The summed E-state index contributed by atoms with van der Waals surface area (Å²) in [5.41, 5.74) is 4.38. The third kappa shape index (κ3) is 1.35. The average molecular weight is 259 g/mol. The molecule has 1 aliphatic heterocycles. The van der Waals surface area contributed by atoms with E-state index in [2.05, 4.69) is 0 Å². The molecule has 3 aromatic carbocycles. The van der Waals surface area contributed by atoms with Gasteiger partial charge < -0.3 is 5.21 Å². The number of fused-ring (bicyclic) bond motifs is 3. The summed E-state index contributed by atoms with van der Waals surface area (Å²) in [6, 6.07) is 25.3. The van der Waals surface area contributed by atoms with Crippen LogP contribution in [0, 0.1) is 5.21 Å². The molecule has 0 N–H and O–H groups in total. The van der Waals surface area contributed by atoms with Gasteiger partial charge >= 0.3 is 0 Å². The van der Waals surface area contributed by atoms with E-state index < -0.39 is 4.65 Å². The maximum atomic E-state index is 13.7. The van der Waals surface area contributed by atoms with E-state index in [-0.39, 0.29) is 0 Å². The summed E-state index contributed by atoms with van der Waals surface area (Å²) in [5, 5.41) is 13.7. The molecule has 0 aliphatic carbocycles. The first-order valence-electron chi connectivity index (χ1n) is 6.67. The molecule has 0 saturated heterocycles. The van der Waals surface area contributed by atoms with Gasteiger partial charge in [-0.15, -0.1) is 0 Å². The second-order valence-electron chi connectivity index (χ2n) is 4.98. The van der Waals surface area contributed by atoms with Gasteiger partial charge in [-0.2, -0.15) is 0 Å². The maximum Gasteiger partial charge on any atom is 0.151 e. The van der Waals surface area contributed by atoms with Crippen molar-refractivity contribution < 1.29 is 0 Å². The van der Waals surface area contributed by atoms with E-state index in [1.165, 1.54) is 0 Å². The van der Waals surface area contributed by atoms with E-state index in [0.29, 0.717) is 0 Å². The molecule has 0 radical (unpaired) electrons. The molecule has 0 amide bonds. The third-order valence-corrected chi connectivity index (χ3v) is 3.90.